The third-order valence-corrected chi connectivity index (χ3v) is 0. The van der Waals surface area contributed by atoms with Gasteiger partial charge in [0.2, 0.25) is 0 Å². The molecule has 0 aliphatic heterocycles. The van der Waals surface area contributed by atoms with Gasteiger partial charge in [0, 0.05) is 10.4 Å². The van der Waals surface area contributed by atoms with E-state index in [-0.39, 0.29) is 40.8 Å². The number of rotatable bonds is 0. The van der Waals surface area contributed by atoms with Crippen molar-refractivity contribution in [3.8, 4) is 0 Å². The van der Waals surface area contributed by atoms with Crippen molar-refractivity contribution >= 4 is 10.4 Å². The molecule has 4 nitrogen and oxygen atoms in total. The smallest absolute Gasteiger partial charge is 0.759 e. The Hall–Kier alpha value is 1.22. The van der Waals surface area contributed by atoms with Crippen LogP contribution >= 0.6 is 0 Å². The first kappa shape index (κ1) is 10.3. The van der Waals surface area contributed by atoms with Crippen molar-refractivity contribution in [2.75, 3.05) is 0 Å². The van der Waals surface area contributed by atoms with Gasteiger partial charge in [-0.05, 0) is 0 Å². The summed E-state index contributed by atoms with van der Waals surface area (Å²) >= 11 is 0. The Balaban J connectivity index is 0. The molecule has 0 fully saturated rings. The van der Waals surface area contributed by atoms with E-state index >= 15 is 0 Å². The Bertz CT molecular complexity index is 90.7. The summed E-state index contributed by atoms with van der Waals surface area (Å²) < 4.78 is 34.1. The predicted molar refractivity (Wildman–Crippen MR) is 10.5 cm³/mol. The van der Waals surface area contributed by atoms with Gasteiger partial charge in [-0.25, -0.2) is 0 Å². The van der Waals surface area contributed by atoms with Gasteiger partial charge >= 0.3 is 40.8 Å². The normalized spacial score (nSPS) is 9.67. The van der Waals surface area contributed by atoms with E-state index in [1.807, 2.05) is 0 Å². The number of hydrogen-bond donors (Lipinski definition) is 0. The van der Waals surface area contributed by atoms with Crippen LogP contribution < -0.4 is 0 Å². The molecule has 0 aliphatic carbocycles. The van der Waals surface area contributed by atoms with Gasteiger partial charge < -0.3 is 9.11 Å². The zero-order valence-electron chi connectivity index (χ0n) is 2.54. The van der Waals surface area contributed by atoms with Crippen LogP contribution in [0.2, 0.25) is 0 Å². The molecule has 0 atom stereocenters. The van der Waals surface area contributed by atoms with Gasteiger partial charge in [0.05, 0.1) is 0 Å². The molecule has 0 spiro atoms. The summed E-state index contributed by atoms with van der Waals surface area (Å²) in [6.07, 6.45) is 0. The zero-order valence-corrected chi connectivity index (χ0v) is 6.57. The largest absolute Gasteiger partial charge is 3.00 e. The maximum absolute atomic E-state index is 8.52. The second kappa shape index (κ2) is 3.25. The summed E-state index contributed by atoms with van der Waals surface area (Å²) in [5.41, 5.74) is 0. The minimum Gasteiger partial charge on any atom is -0.759 e. The molecule has 0 aromatic rings. The molecule has 6 heavy (non-hydrogen) atoms. The van der Waals surface area contributed by atoms with Gasteiger partial charge in [-0.2, -0.15) is 0 Å². The first-order valence-corrected chi connectivity index (χ1v) is 2.00. The third-order valence-electron chi connectivity index (χ3n) is 0. The van der Waals surface area contributed by atoms with Crippen LogP contribution in [0.3, 0.4) is 0 Å². The van der Waals surface area contributed by atoms with Crippen LogP contribution in [-0.4, -0.2) is 17.5 Å². The van der Waals surface area contributed by atoms with E-state index in [0.717, 1.165) is 0 Å². The monoisotopic (exact) mass is 238 g/mol. The minimum absolute atomic E-state index is 0. The molecule has 33 valence electrons. The Morgan fingerprint density at radius 3 is 1.17 bits per heavy atom. The van der Waals surface area contributed by atoms with Crippen molar-refractivity contribution in [3.05, 3.63) is 0 Å². The fourth-order valence-corrected chi connectivity index (χ4v) is 0. The van der Waals surface area contributed by atoms with Gasteiger partial charge in [-0.3, -0.25) is 8.42 Å². The standard InChI is InChI=1S/Nd.H2O4S/c;1-5(2,3)4/h;(H2,1,2,3,4)/q+3;/p-2. The van der Waals surface area contributed by atoms with Crippen LogP contribution in [0.1, 0.15) is 0 Å². The van der Waals surface area contributed by atoms with E-state index in [9.17, 15) is 0 Å². The van der Waals surface area contributed by atoms with Crippen molar-refractivity contribution in [1.82, 2.24) is 0 Å². The number of hydrogen-bond acceptors (Lipinski definition) is 4. The quantitative estimate of drug-likeness (QED) is 0.388. The molecule has 6 heteroatoms. The van der Waals surface area contributed by atoms with E-state index in [2.05, 4.69) is 0 Å². The zero-order chi connectivity index (χ0) is 4.50. The Morgan fingerprint density at radius 2 is 1.17 bits per heavy atom. The maximum atomic E-state index is 8.52. The van der Waals surface area contributed by atoms with Gasteiger partial charge in [0.15, 0.2) is 0 Å². The summed E-state index contributed by atoms with van der Waals surface area (Å²) in [6, 6.07) is 0. The molecule has 0 amide bonds. The molecule has 0 unspecified atom stereocenters. The molecule has 0 aromatic carbocycles. The molecule has 1 radical (unpaired) electrons. The molecular formula is NdO4S+. The molecule has 0 N–H and O–H groups in total. The molecule has 0 aromatic heterocycles. The van der Waals surface area contributed by atoms with E-state index in [0.29, 0.717) is 0 Å². The first-order chi connectivity index (χ1) is 2.00. The van der Waals surface area contributed by atoms with Gasteiger partial charge in [-0.1, -0.05) is 0 Å². The molecular weight excluding hydrogens is 240 g/mol. The molecule has 0 saturated carbocycles. The molecule has 0 rings (SSSR count). The van der Waals surface area contributed by atoms with Crippen LogP contribution in [0.15, 0.2) is 0 Å². The Morgan fingerprint density at radius 1 is 1.17 bits per heavy atom. The molecule has 0 bridgehead atoms. The van der Waals surface area contributed by atoms with E-state index < -0.39 is 10.4 Å². The Labute approximate surface area is 68.0 Å². The molecule has 0 aliphatic rings. The summed E-state index contributed by atoms with van der Waals surface area (Å²) in [4.78, 5) is 0. The third kappa shape index (κ3) is 62.4. The average Bonchev–Trinajstić information content (AvgIpc) is 0.722. The fraction of sp³-hybridized carbons (Fsp3) is 0. The summed E-state index contributed by atoms with van der Waals surface area (Å²) in [5, 5.41) is 0. The van der Waals surface area contributed by atoms with E-state index in [4.69, 9.17) is 17.5 Å². The second-order valence-electron chi connectivity index (χ2n) is 0.408. The summed E-state index contributed by atoms with van der Waals surface area (Å²) in [5.74, 6) is 0. The van der Waals surface area contributed by atoms with Crippen LogP contribution in [0, 0.1) is 40.8 Å². The van der Waals surface area contributed by atoms with E-state index in [1.165, 1.54) is 0 Å². The first-order valence-electron chi connectivity index (χ1n) is 0.667. The topological polar surface area (TPSA) is 80.3 Å². The average molecular weight is 240 g/mol. The van der Waals surface area contributed by atoms with Crippen LogP contribution in [-0.2, 0) is 10.4 Å². The van der Waals surface area contributed by atoms with E-state index in [1.54, 1.807) is 0 Å². The fourth-order valence-electron chi connectivity index (χ4n) is 0. The van der Waals surface area contributed by atoms with Crippen molar-refractivity contribution in [1.29, 1.82) is 0 Å². The SMILES string of the molecule is O=S(=O)([O-])[O-].[Nd+3]. The van der Waals surface area contributed by atoms with Crippen molar-refractivity contribution in [3.63, 3.8) is 0 Å². The molecule has 0 saturated heterocycles. The van der Waals surface area contributed by atoms with Crippen molar-refractivity contribution in [2.24, 2.45) is 0 Å². The maximum Gasteiger partial charge on any atom is 3.00 e. The van der Waals surface area contributed by atoms with Gasteiger partial charge in [-0.15, -0.1) is 0 Å². The predicted octanol–water partition coefficient (Wildman–Crippen LogP) is -1.34. The van der Waals surface area contributed by atoms with Crippen molar-refractivity contribution in [2.45, 2.75) is 0 Å². The van der Waals surface area contributed by atoms with Gasteiger partial charge in [0.25, 0.3) is 0 Å². The summed E-state index contributed by atoms with van der Waals surface area (Å²) in [6.45, 7) is 0. The van der Waals surface area contributed by atoms with Crippen LogP contribution in [0.25, 0.3) is 0 Å². The molecule has 0 heterocycles. The van der Waals surface area contributed by atoms with Crippen LogP contribution in [0.4, 0.5) is 0 Å². The Kier molecular flexibility index (Phi) is 5.56. The summed E-state index contributed by atoms with van der Waals surface area (Å²) in [7, 11) is -5.17. The van der Waals surface area contributed by atoms with Crippen molar-refractivity contribution < 1.29 is 58.4 Å². The van der Waals surface area contributed by atoms with Crippen LogP contribution in [0.5, 0.6) is 0 Å². The second-order valence-corrected chi connectivity index (χ2v) is 1.22. The minimum atomic E-state index is -5.17. The van der Waals surface area contributed by atoms with Gasteiger partial charge in [0.1, 0.15) is 0 Å².